The van der Waals surface area contributed by atoms with Crippen molar-refractivity contribution in [1.29, 1.82) is 0 Å². The highest BCUT2D eigenvalue weighted by atomic mass is 16.3. The zero-order chi connectivity index (χ0) is 33.5. The molecule has 3 nitrogen and oxygen atoms in total. The fourth-order valence-corrected chi connectivity index (χ4v) is 8.23. The van der Waals surface area contributed by atoms with Crippen LogP contribution in [0.1, 0.15) is 0 Å². The molecule has 0 radical (unpaired) electrons. The van der Waals surface area contributed by atoms with E-state index in [9.17, 15) is 0 Å². The minimum Gasteiger partial charge on any atom is -0.456 e. The van der Waals surface area contributed by atoms with Crippen molar-refractivity contribution in [3.63, 3.8) is 0 Å². The maximum Gasteiger partial charge on any atom is 0.137 e. The van der Waals surface area contributed by atoms with Gasteiger partial charge in [-0.1, -0.05) is 115 Å². The average molecular weight is 651 g/mol. The lowest BCUT2D eigenvalue weighted by molar-refractivity contribution is 0.669. The van der Waals surface area contributed by atoms with Crippen molar-refractivity contribution >= 4 is 65.6 Å². The lowest BCUT2D eigenvalue weighted by atomic mass is 10.0. The Morgan fingerprint density at radius 3 is 1.47 bits per heavy atom. The number of furan rings is 1. The van der Waals surface area contributed by atoms with Crippen molar-refractivity contribution in [2.45, 2.75) is 0 Å². The van der Waals surface area contributed by atoms with Gasteiger partial charge in [-0.05, 0) is 89.0 Å². The van der Waals surface area contributed by atoms with Crippen molar-refractivity contribution in [3.05, 3.63) is 182 Å². The van der Waals surface area contributed by atoms with Crippen LogP contribution in [0.2, 0.25) is 0 Å². The van der Waals surface area contributed by atoms with Crippen LogP contribution in [0.4, 0.5) is 0 Å². The molecule has 238 valence electrons. The predicted molar refractivity (Wildman–Crippen MR) is 213 cm³/mol. The third-order valence-electron chi connectivity index (χ3n) is 10.5. The van der Waals surface area contributed by atoms with Crippen molar-refractivity contribution in [2.24, 2.45) is 0 Å². The third kappa shape index (κ3) is 4.19. The molecule has 0 saturated carbocycles. The molecular weight excluding hydrogens is 621 g/mol. The van der Waals surface area contributed by atoms with E-state index in [1.807, 2.05) is 0 Å². The quantitative estimate of drug-likeness (QED) is 0.186. The van der Waals surface area contributed by atoms with Crippen molar-refractivity contribution < 1.29 is 4.42 Å². The largest absolute Gasteiger partial charge is 0.456 e. The Morgan fingerprint density at radius 2 is 0.863 bits per heavy atom. The molecule has 0 amide bonds. The van der Waals surface area contributed by atoms with Crippen LogP contribution in [-0.4, -0.2) is 9.13 Å². The van der Waals surface area contributed by atoms with Crippen molar-refractivity contribution in [3.8, 4) is 33.6 Å². The Labute approximate surface area is 293 Å². The van der Waals surface area contributed by atoms with Crippen LogP contribution in [0.3, 0.4) is 0 Å². The van der Waals surface area contributed by atoms with Crippen LogP contribution < -0.4 is 0 Å². The highest BCUT2D eigenvalue weighted by Gasteiger charge is 2.20. The van der Waals surface area contributed by atoms with Crippen LogP contribution in [0, 0.1) is 0 Å². The standard InChI is InChI=1S/C48H30N2O/c1-3-12-31(13-4-1)33-22-25-43-38(28-33)39-29-34(32-14-5-2-6-15-32)23-26-44(39)50(43)45-20-11-21-47-48(45)40-30-35(24-27-46(40)51-47)49-41-18-9-7-16-36(41)37-17-8-10-19-42(37)49/h1-30H. The number of rotatable bonds is 4. The zero-order valence-corrected chi connectivity index (χ0v) is 27.6. The van der Waals surface area contributed by atoms with Crippen LogP contribution in [0.5, 0.6) is 0 Å². The Morgan fingerprint density at radius 1 is 0.314 bits per heavy atom. The molecule has 11 aromatic rings. The number of benzene rings is 8. The van der Waals surface area contributed by atoms with Crippen LogP contribution >= 0.6 is 0 Å². The van der Waals surface area contributed by atoms with Crippen LogP contribution in [0.15, 0.2) is 186 Å². The van der Waals surface area contributed by atoms with E-state index >= 15 is 0 Å². The Hall–Kier alpha value is -6.84. The maximum atomic E-state index is 6.59. The van der Waals surface area contributed by atoms with E-state index in [1.165, 1.54) is 54.8 Å². The summed E-state index contributed by atoms with van der Waals surface area (Å²) in [5.74, 6) is 0. The molecule has 0 N–H and O–H groups in total. The van der Waals surface area contributed by atoms with E-state index in [0.29, 0.717) is 0 Å². The molecule has 0 bridgehead atoms. The summed E-state index contributed by atoms with van der Waals surface area (Å²) in [4.78, 5) is 0. The molecule has 0 aliphatic heterocycles. The molecule has 3 aromatic heterocycles. The van der Waals surface area contributed by atoms with Crippen molar-refractivity contribution in [2.75, 3.05) is 0 Å². The number of nitrogens with zero attached hydrogens (tertiary/aromatic N) is 2. The smallest absolute Gasteiger partial charge is 0.137 e. The monoisotopic (exact) mass is 650 g/mol. The minimum atomic E-state index is 0.874. The normalized spacial score (nSPS) is 11.9. The van der Waals surface area contributed by atoms with Gasteiger partial charge in [0.15, 0.2) is 0 Å². The molecule has 0 atom stereocenters. The van der Waals surface area contributed by atoms with E-state index in [1.54, 1.807) is 0 Å². The summed E-state index contributed by atoms with van der Waals surface area (Å²) in [7, 11) is 0. The molecule has 0 aliphatic rings. The van der Waals surface area contributed by atoms with Gasteiger partial charge in [-0.2, -0.15) is 0 Å². The molecule has 0 saturated heterocycles. The second-order valence-electron chi connectivity index (χ2n) is 13.3. The number of aromatic nitrogens is 2. The van der Waals surface area contributed by atoms with Gasteiger partial charge in [0.1, 0.15) is 11.2 Å². The lowest BCUT2D eigenvalue weighted by Crippen LogP contribution is -1.95. The maximum absolute atomic E-state index is 6.59. The van der Waals surface area contributed by atoms with E-state index < -0.39 is 0 Å². The Kier molecular flexibility index (Phi) is 5.96. The molecule has 11 rings (SSSR count). The van der Waals surface area contributed by atoms with Gasteiger partial charge >= 0.3 is 0 Å². The summed E-state index contributed by atoms with van der Waals surface area (Å²) in [6.07, 6.45) is 0. The topological polar surface area (TPSA) is 23.0 Å². The second kappa shape index (κ2) is 10.8. The van der Waals surface area contributed by atoms with Gasteiger partial charge in [-0.25, -0.2) is 0 Å². The highest BCUT2D eigenvalue weighted by Crippen LogP contribution is 2.42. The summed E-state index contributed by atoms with van der Waals surface area (Å²) < 4.78 is 11.4. The van der Waals surface area contributed by atoms with Gasteiger partial charge in [0.05, 0.1) is 33.1 Å². The van der Waals surface area contributed by atoms with Crippen molar-refractivity contribution in [1.82, 2.24) is 9.13 Å². The number of para-hydroxylation sites is 2. The first-order chi connectivity index (χ1) is 25.3. The summed E-state index contributed by atoms with van der Waals surface area (Å²) >= 11 is 0. The van der Waals surface area contributed by atoms with E-state index in [2.05, 4.69) is 191 Å². The van der Waals surface area contributed by atoms with E-state index in [0.717, 1.165) is 44.3 Å². The van der Waals surface area contributed by atoms with Crippen LogP contribution in [-0.2, 0) is 0 Å². The average Bonchev–Trinajstić information content (AvgIpc) is 3.85. The summed E-state index contributed by atoms with van der Waals surface area (Å²) in [5, 5.41) is 7.15. The number of hydrogen-bond donors (Lipinski definition) is 0. The molecule has 0 unspecified atom stereocenters. The number of fused-ring (bicyclic) bond motifs is 9. The summed E-state index contributed by atoms with van der Waals surface area (Å²) in [5.41, 5.74) is 13.5. The molecule has 0 spiro atoms. The molecule has 0 aliphatic carbocycles. The second-order valence-corrected chi connectivity index (χ2v) is 13.3. The zero-order valence-electron chi connectivity index (χ0n) is 27.6. The van der Waals surface area contributed by atoms with Gasteiger partial charge in [0.2, 0.25) is 0 Å². The van der Waals surface area contributed by atoms with Gasteiger partial charge < -0.3 is 13.6 Å². The first kappa shape index (κ1) is 28.0. The Balaban J connectivity index is 1.20. The highest BCUT2D eigenvalue weighted by molar-refractivity contribution is 6.16. The first-order valence-electron chi connectivity index (χ1n) is 17.4. The van der Waals surface area contributed by atoms with Gasteiger partial charge in [-0.15, -0.1) is 0 Å². The summed E-state index contributed by atoms with van der Waals surface area (Å²) in [6, 6.07) is 65.5. The molecule has 3 heteroatoms. The minimum absolute atomic E-state index is 0.874. The fraction of sp³-hybridized carbons (Fsp3) is 0. The first-order valence-corrected chi connectivity index (χ1v) is 17.4. The summed E-state index contributed by atoms with van der Waals surface area (Å²) in [6.45, 7) is 0. The fourth-order valence-electron chi connectivity index (χ4n) is 8.23. The predicted octanol–water partition coefficient (Wildman–Crippen LogP) is 13.1. The number of hydrogen-bond acceptors (Lipinski definition) is 1. The molecule has 8 aromatic carbocycles. The van der Waals surface area contributed by atoms with Crippen LogP contribution in [0.25, 0.3) is 99.2 Å². The molecule has 3 heterocycles. The molecular formula is C48H30N2O. The van der Waals surface area contributed by atoms with Gasteiger partial charge in [0.25, 0.3) is 0 Å². The lowest BCUT2D eigenvalue weighted by Gasteiger charge is -2.11. The van der Waals surface area contributed by atoms with E-state index in [-0.39, 0.29) is 0 Å². The van der Waals surface area contributed by atoms with Gasteiger partial charge in [-0.3, -0.25) is 0 Å². The Bertz CT molecular complexity index is 2980. The molecule has 0 fully saturated rings. The third-order valence-corrected chi connectivity index (χ3v) is 10.5. The van der Waals surface area contributed by atoms with Gasteiger partial charge in [0, 0.05) is 32.6 Å². The SMILES string of the molecule is c1ccc(-c2ccc3c(c2)c2cc(-c4ccccc4)ccc2n3-c2cccc3oc4ccc(-n5c6ccccc6c6ccccc65)cc4c23)cc1. The molecule has 51 heavy (non-hydrogen) atoms. The van der Waals surface area contributed by atoms with E-state index in [4.69, 9.17) is 4.42 Å².